The molecule has 166 valence electrons. The molecule has 0 radical (unpaired) electrons. The molecule has 33 heavy (non-hydrogen) atoms. The van der Waals surface area contributed by atoms with Gasteiger partial charge in [0.25, 0.3) is 5.91 Å². The first-order valence-electron chi connectivity index (χ1n) is 10.3. The number of fused-ring (bicyclic) bond motifs is 2. The van der Waals surface area contributed by atoms with Gasteiger partial charge in [0.1, 0.15) is 17.4 Å². The molecule has 0 aliphatic carbocycles. The number of rotatable bonds is 6. The van der Waals surface area contributed by atoms with Gasteiger partial charge < -0.3 is 19.6 Å². The van der Waals surface area contributed by atoms with Crippen molar-refractivity contribution in [3.05, 3.63) is 82.6 Å². The zero-order valence-electron chi connectivity index (χ0n) is 18.1. The number of nitrogens with zero attached hydrogens (tertiary/aromatic N) is 5. The predicted octanol–water partition coefficient (Wildman–Crippen LogP) is 2.35. The van der Waals surface area contributed by atoms with Crippen LogP contribution in [0.25, 0.3) is 22.1 Å². The number of oxazole rings is 1. The van der Waals surface area contributed by atoms with Gasteiger partial charge in [0.05, 0.1) is 11.2 Å². The first kappa shape index (κ1) is 20.4. The molecule has 0 aliphatic rings. The van der Waals surface area contributed by atoms with Crippen LogP contribution in [0.3, 0.4) is 0 Å². The van der Waals surface area contributed by atoms with Crippen molar-refractivity contribution in [2.75, 3.05) is 5.32 Å². The van der Waals surface area contributed by atoms with Crippen molar-refractivity contribution in [1.82, 2.24) is 29.4 Å². The van der Waals surface area contributed by atoms with Crippen molar-refractivity contribution in [2.24, 2.45) is 14.1 Å². The molecule has 10 nitrogen and oxygen atoms in total. The fraction of sp³-hybridized carbons (Fsp3) is 0.174. The first-order valence-corrected chi connectivity index (χ1v) is 10.3. The summed E-state index contributed by atoms with van der Waals surface area (Å²) in [5, 5.41) is 6.27. The Kier molecular flexibility index (Phi) is 5.09. The molecule has 0 aliphatic heterocycles. The lowest BCUT2D eigenvalue weighted by atomic mass is 10.2. The largest absolute Gasteiger partial charge is 0.419 e. The molecular weight excluding hydrogens is 422 g/mol. The van der Waals surface area contributed by atoms with Crippen molar-refractivity contribution >= 4 is 33.7 Å². The second-order valence-corrected chi connectivity index (χ2v) is 7.69. The molecule has 0 unspecified atom stereocenters. The summed E-state index contributed by atoms with van der Waals surface area (Å²) < 4.78 is 8.42. The zero-order chi connectivity index (χ0) is 22.9. The highest BCUT2D eigenvalue weighted by Gasteiger charge is 2.18. The molecule has 5 rings (SSSR count). The summed E-state index contributed by atoms with van der Waals surface area (Å²) >= 11 is 0. The van der Waals surface area contributed by atoms with E-state index in [0.717, 1.165) is 16.8 Å². The van der Waals surface area contributed by atoms with E-state index >= 15 is 0 Å². The van der Waals surface area contributed by atoms with Gasteiger partial charge in [0, 0.05) is 45.8 Å². The normalized spacial score (nSPS) is 11.2. The number of benzene rings is 1. The van der Waals surface area contributed by atoms with Gasteiger partial charge in [-0.25, -0.2) is 14.8 Å². The Hall–Kier alpha value is -4.47. The quantitative estimate of drug-likeness (QED) is 0.413. The fourth-order valence-electron chi connectivity index (χ4n) is 3.77. The topological polar surface area (TPSA) is 120 Å². The minimum absolute atomic E-state index is 0.275. The van der Waals surface area contributed by atoms with E-state index in [0.29, 0.717) is 28.7 Å². The number of carbonyl (C=O) groups is 1. The van der Waals surface area contributed by atoms with E-state index in [-0.39, 0.29) is 18.1 Å². The lowest BCUT2D eigenvalue weighted by Gasteiger charge is -2.07. The first-order chi connectivity index (χ1) is 16.0. The second-order valence-electron chi connectivity index (χ2n) is 7.69. The van der Waals surface area contributed by atoms with Crippen molar-refractivity contribution in [2.45, 2.75) is 13.1 Å². The molecule has 1 aromatic carbocycles. The Morgan fingerprint density at radius 1 is 1.06 bits per heavy atom. The number of pyridine rings is 1. The maximum Gasteiger partial charge on any atom is 0.419 e. The summed E-state index contributed by atoms with van der Waals surface area (Å²) in [6.07, 6.45) is 6.77. The Bertz CT molecular complexity index is 1530. The Balaban J connectivity index is 1.37. The van der Waals surface area contributed by atoms with Crippen molar-refractivity contribution in [3.63, 3.8) is 0 Å². The predicted molar refractivity (Wildman–Crippen MR) is 123 cm³/mol. The van der Waals surface area contributed by atoms with E-state index in [1.165, 1.54) is 10.9 Å². The maximum absolute atomic E-state index is 13.0. The van der Waals surface area contributed by atoms with E-state index in [2.05, 4.69) is 25.6 Å². The van der Waals surface area contributed by atoms with Crippen LogP contribution in [0.5, 0.6) is 0 Å². The third-order valence-electron chi connectivity index (χ3n) is 5.51. The molecule has 0 atom stereocenters. The number of hydrogen-bond acceptors (Lipinski definition) is 7. The minimum atomic E-state index is -0.424. The van der Waals surface area contributed by atoms with Crippen molar-refractivity contribution in [3.8, 4) is 0 Å². The molecule has 2 N–H and O–H groups in total. The van der Waals surface area contributed by atoms with Crippen LogP contribution < -0.4 is 16.4 Å². The van der Waals surface area contributed by atoms with Gasteiger partial charge >= 0.3 is 5.76 Å². The van der Waals surface area contributed by atoms with Crippen LogP contribution in [0.1, 0.15) is 21.6 Å². The minimum Gasteiger partial charge on any atom is -0.408 e. The Morgan fingerprint density at radius 3 is 2.70 bits per heavy atom. The summed E-state index contributed by atoms with van der Waals surface area (Å²) in [5.74, 6) is -0.739. The summed E-state index contributed by atoms with van der Waals surface area (Å²) in [6, 6.07) is 9.22. The molecule has 0 saturated carbocycles. The number of hydrogen-bond donors (Lipinski definition) is 2. The standard InChI is InChI=1S/C23H21N7O3/c1-29-12-16(25-10-14-5-7-24-8-6-14)19-21(29)20(28-13-27-19)22(31)26-11-15-3-4-18-17(9-15)30(2)23(32)33-18/h3-9,12-13,25H,10-11H2,1-2H3,(H,26,31). The third-order valence-corrected chi connectivity index (χ3v) is 5.51. The Labute approximate surface area is 187 Å². The highest BCUT2D eigenvalue weighted by atomic mass is 16.4. The molecule has 0 spiro atoms. The van der Waals surface area contributed by atoms with Crippen LogP contribution >= 0.6 is 0 Å². The van der Waals surface area contributed by atoms with Crippen LogP contribution in [0.15, 0.2) is 64.5 Å². The number of aromatic nitrogens is 5. The van der Waals surface area contributed by atoms with Gasteiger partial charge in [0.15, 0.2) is 11.3 Å². The highest BCUT2D eigenvalue weighted by Crippen LogP contribution is 2.25. The lowest BCUT2D eigenvalue weighted by molar-refractivity contribution is 0.0947. The molecule has 4 heterocycles. The zero-order valence-corrected chi connectivity index (χ0v) is 18.1. The van der Waals surface area contributed by atoms with Gasteiger partial charge in [-0.3, -0.25) is 14.3 Å². The molecule has 10 heteroatoms. The van der Waals surface area contributed by atoms with E-state index < -0.39 is 5.76 Å². The van der Waals surface area contributed by atoms with E-state index in [9.17, 15) is 9.59 Å². The molecular formula is C23H21N7O3. The monoisotopic (exact) mass is 443 g/mol. The third kappa shape index (κ3) is 3.82. The fourth-order valence-corrected chi connectivity index (χ4v) is 3.77. The van der Waals surface area contributed by atoms with Crippen LogP contribution in [0, 0.1) is 0 Å². The van der Waals surface area contributed by atoms with Crippen LogP contribution in [-0.2, 0) is 27.2 Å². The molecule has 0 bridgehead atoms. The average Bonchev–Trinajstić information content (AvgIpc) is 3.32. The van der Waals surface area contributed by atoms with Gasteiger partial charge in [-0.15, -0.1) is 0 Å². The van der Waals surface area contributed by atoms with Gasteiger partial charge in [-0.1, -0.05) is 6.07 Å². The highest BCUT2D eigenvalue weighted by molar-refractivity contribution is 6.06. The van der Waals surface area contributed by atoms with Crippen molar-refractivity contribution in [1.29, 1.82) is 0 Å². The lowest BCUT2D eigenvalue weighted by Crippen LogP contribution is -2.24. The molecule has 0 fully saturated rings. The van der Waals surface area contributed by atoms with Gasteiger partial charge in [0.2, 0.25) is 0 Å². The Morgan fingerprint density at radius 2 is 1.88 bits per heavy atom. The number of amides is 1. The number of carbonyl (C=O) groups excluding carboxylic acids is 1. The van der Waals surface area contributed by atoms with Crippen LogP contribution in [0.2, 0.25) is 0 Å². The molecule has 4 aromatic heterocycles. The summed E-state index contributed by atoms with van der Waals surface area (Å²) in [6.45, 7) is 0.878. The van der Waals surface area contributed by atoms with Crippen LogP contribution in [-0.4, -0.2) is 30.0 Å². The number of aryl methyl sites for hydroxylation is 2. The number of anilines is 1. The maximum atomic E-state index is 13.0. The van der Waals surface area contributed by atoms with E-state index in [1.807, 2.05) is 42.1 Å². The molecule has 1 amide bonds. The van der Waals surface area contributed by atoms with E-state index in [4.69, 9.17) is 4.42 Å². The second kappa shape index (κ2) is 8.23. The summed E-state index contributed by atoms with van der Waals surface area (Å²) in [7, 11) is 3.50. The molecule has 5 aromatic rings. The summed E-state index contributed by atoms with van der Waals surface area (Å²) in [4.78, 5) is 37.3. The average molecular weight is 443 g/mol. The number of nitrogens with one attached hydrogen (secondary N) is 2. The van der Waals surface area contributed by atoms with Gasteiger partial charge in [-0.05, 0) is 35.4 Å². The molecule has 0 saturated heterocycles. The smallest absolute Gasteiger partial charge is 0.408 e. The van der Waals surface area contributed by atoms with Crippen molar-refractivity contribution < 1.29 is 9.21 Å². The van der Waals surface area contributed by atoms with Crippen LogP contribution in [0.4, 0.5) is 5.69 Å². The van der Waals surface area contributed by atoms with E-state index in [1.54, 1.807) is 25.5 Å². The SMILES string of the molecule is Cn1cc(NCc2ccncc2)c2ncnc(C(=O)NCc3ccc4oc(=O)n(C)c4c3)c21. The summed E-state index contributed by atoms with van der Waals surface area (Å²) in [5.41, 5.74) is 5.50. The van der Waals surface area contributed by atoms with Gasteiger partial charge in [-0.2, -0.15) is 0 Å².